The summed E-state index contributed by atoms with van der Waals surface area (Å²) in [6, 6.07) is 11.2. The normalized spacial score (nSPS) is 20.1. The number of benzene rings is 2. The Morgan fingerprint density at radius 1 is 1.17 bits per heavy atom. The van der Waals surface area contributed by atoms with Crippen molar-refractivity contribution in [1.82, 2.24) is 4.90 Å². The van der Waals surface area contributed by atoms with Gasteiger partial charge in [-0.3, -0.25) is 14.5 Å². The molecular formula is C33H47N3O6. The number of methoxy groups -OCH3 is 1. The second-order valence-corrected chi connectivity index (χ2v) is 12.3. The van der Waals surface area contributed by atoms with Crippen LogP contribution in [0.5, 0.6) is 17.2 Å². The van der Waals surface area contributed by atoms with Gasteiger partial charge >= 0.3 is 5.97 Å². The number of carbonyl (C=O) groups is 2. The lowest BCUT2D eigenvalue weighted by Gasteiger charge is -2.35. The number of nitrogens with zero attached hydrogens (tertiary/aromatic N) is 2. The molecule has 0 spiro atoms. The summed E-state index contributed by atoms with van der Waals surface area (Å²) in [5.74, 6) is -0.352. The number of unbranched alkanes of at least 4 members (excludes halogenated alkanes) is 1. The van der Waals surface area contributed by atoms with E-state index in [1.165, 1.54) is 0 Å². The molecule has 2 aromatic rings. The van der Waals surface area contributed by atoms with Crippen LogP contribution in [0.15, 0.2) is 36.4 Å². The summed E-state index contributed by atoms with van der Waals surface area (Å²) < 4.78 is 16.8. The van der Waals surface area contributed by atoms with Crippen molar-refractivity contribution in [1.29, 1.82) is 0 Å². The standard InChI is InChI=1S/C33H47N3O6/c1-6-8-13-36(24-11-9-10-22(14-24)18-34)29(37)20-35-19-25(23-15-27(40-5)31-28(16-23)41-21-42-31)30(32(38)39)26(35)17-33(3,4)12-7-2/h9-11,14-16,25-26,30H,6-8,12-13,17-21,34H2,1-5H3,(H,38,39)/t25-,26+,30-/m1/s1. The zero-order valence-electron chi connectivity index (χ0n) is 25.7. The molecule has 2 aromatic carbocycles. The number of fused-ring (bicyclic) bond motifs is 1. The fourth-order valence-corrected chi connectivity index (χ4v) is 6.62. The molecule has 4 rings (SSSR count). The smallest absolute Gasteiger partial charge is 0.308 e. The Kier molecular flexibility index (Phi) is 10.4. The average Bonchev–Trinajstić information content (AvgIpc) is 3.57. The maximum atomic E-state index is 14.1. The zero-order chi connectivity index (χ0) is 30.4. The minimum Gasteiger partial charge on any atom is -0.493 e. The predicted molar refractivity (Wildman–Crippen MR) is 163 cm³/mol. The van der Waals surface area contributed by atoms with Crippen molar-refractivity contribution in [3.8, 4) is 17.2 Å². The molecule has 1 fully saturated rings. The number of hydrogen-bond donors (Lipinski definition) is 2. The molecule has 230 valence electrons. The maximum absolute atomic E-state index is 14.1. The van der Waals surface area contributed by atoms with E-state index in [-0.39, 0.29) is 36.6 Å². The number of nitrogens with two attached hydrogens (primary N) is 1. The van der Waals surface area contributed by atoms with E-state index in [0.29, 0.717) is 43.3 Å². The van der Waals surface area contributed by atoms with Gasteiger partial charge in [-0.15, -0.1) is 0 Å². The Bertz CT molecular complexity index is 1250. The molecule has 0 unspecified atom stereocenters. The number of likely N-dealkylation sites (tertiary alicyclic amines) is 1. The SMILES string of the molecule is CCCCN(C(=O)CN1C[C@H](c2cc(OC)c3c(c2)OCO3)[C@@H](C(=O)O)[C@@H]1CC(C)(C)CCC)c1cccc(CN)c1. The molecular weight excluding hydrogens is 534 g/mol. The Balaban J connectivity index is 1.71. The largest absolute Gasteiger partial charge is 0.493 e. The summed E-state index contributed by atoms with van der Waals surface area (Å²) in [4.78, 5) is 31.0. The van der Waals surface area contributed by atoms with Gasteiger partial charge in [0, 0.05) is 37.3 Å². The van der Waals surface area contributed by atoms with Gasteiger partial charge in [-0.2, -0.15) is 0 Å². The number of anilines is 1. The molecule has 9 heteroatoms. The number of carboxylic acids is 1. The van der Waals surface area contributed by atoms with Crippen LogP contribution in [0.3, 0.4) is 0 Å². The predicted octanol–water partition coefficient (Wildman–Crippen LogP) is 5.40. The lowest BCUT2D eigenvalue weighted by Crippen LogP contribution is -2.46. The van der Waals surface area contributed by atoms with E-state index in [9.17, 15) is 14.7 Å². The van der Waals surface area contributed by atoms with E-state index >= 15 is 0 Å². The van der Waals surface area contributed by atoms with Crippen molar-refractivity contribution in [2.75, 3.05) is 38.4 Å². The molecule has 9 nitrogen and oxygen atoms in total. The van der Waals surface area contributed by atoms with Gasteiger partial charge in [0.25, 0.3) is 0 Å². The maximum Gasteiger partial charge on any atom is 0.308 e. The summed E-state index contributed by atoms with van der Waals surface area (Å²) >= 11 is 0. The Morgan fingerprint density at radius 2 is 1.95 bits per heavy atom. The van der Waals surface area contributed by atoms with Crippen molar-refractivity contribution in [2.45, 2.75) is 78.3 Å². The van der Waals surface area contributed by atoms with E-state index in [4.69, 9.17) is 19.9 Å². The van der Waals surface area contributed by atoms with E-state index in [1.54, 1.807) is 7.11 Å². The topological polar surface area (TPSA) is 115 Å². The third kappa shape index (κ3) is 7.01. The van der Waals surface area contributed by atoms with Crippen LogP contribution in [-0.2, 0) is 16.1 Å². The lowest BCUT2D eigenvalue weighted by molar-refractivity contribution is -0.143. The number of aliphatic carboxylic acids is 1. The fraction of sp³-hybridized carbons (Fsp3) is 0.576. The highest BCUT2D eigenvalue weighted by Crippen LogP contribution is 2.48. The minimum atomic E-state index is -0.859. The summed E-state index contributed by atoms with van der Waals surface area (Å²) in [6.07, 6.45) is 4.45. The lowest BCUT2D eigenvalue weighted by atomic mass is 9.76. The first-order valence-corrected chi connectivity index (χ1v) is 15.2. The summed E-state index contributed by atoms with van der Waals surface area (Å²) in [5.41, 5.74) is 8.42. The first-order valence-electron chi connectivity index (χ1n) is 15.2. The van der Waals surface area contributed by atoms with Crippen molar-refractivity contribution in [3.63, 3.8) is 0 Å². The molecule has 2 heterocycles. The molecule has 42 heavy (non-hydrogen) atoms. The van der Waals surface area contributed by atoms with Crippen molar-refractivity contribution in [3.05, 3.63) is 47.5 Å². The van der Waals surface area contributed by atoms with Gasteiger partial charge in [0.1, 0.15) is 0 Å². The molecule has 2 aliphatic heterocycles. The highest BCUT2D eigenvalue weighted by atomic mass is 16.7. The molecule has 0 aromatic heterocycles. The Morgan fingerprint density at radius 3 is 2.62 bits per heavy atom. The first kappa shape index (κ1) is 31.6. The van der Waals surface area contributed by atoms with Gasteiger partial charge in [0.05, 0.1) is 19.6 Å². The fourth-order valence-electron chi connectivity index (χ4n) is 6.62. The average molecular weight is 582 g/mol. The summed E-state index contributed by atoms with van der Waals surface area (Å²) in [5, 5.41) is 10.7. The van der Waals surface area contributed by atoms with Crippen LogP contribution in [0.25, 0.3) is 0 Å². The van der Waals surface area contributed by atoms with Crippen LogP contribution in [0.4, 0.5) is 5.69 Å². The number of carbonyl (C=O) groups excluding carboxylic acids is 1. The van der Waals surface area contributed by atoms with Crippen LogP contribution in [0.1, 0.15) is 76.8 Å². The number of rotatable bonds is 14. The van der Waals surface area contributed by atoms with E-state index in [2.05, 4.69) is 32.6 Å². The number of carboxylic acid groups (broad SMARTS) is 1. The van der Waals surface area contributed by atoms with Crippen LogP contribution in [0, 0.1) is 11.3 Å². The van der Waals surface area contributed by atoms with Gasteiger partial charge in [-0.25, -0.2) is 0 Å². The first-order chi connectivity index (χ1) is 20.1. The molecule has 1 saturated heterocycles. The van der Waals surface area contributed by atoms with E-state index < -0.39 is 11.9 Å². The molecule has 0 saturated carbocycles. The Hall–Kier alpha value is -3.30. The van der Waals surface area contributed by atoms with E-state index in [0.717, 1.165) is 42.5 Å². The third-order valence-electron chi connectivity index (χ3n) is 8.66. The second-order valence-electron chi connectivity index (χ2n) is 12.3. The van der Waals surface area contributed by atoms with Crippen molar-refractivity contribution >= 4 is 17.6 Å². The molecule has 0 aliphatic carbocycles. The van der Waals surface area contributed by atoms with Gasteiger partial charge in [0.15, 0.2) is 11.5 Å². The van der Waals surface area contributed by atoms with Gasteiger partial charge in [0.2, 0.25) is 18.4 Å². The van der Waals surface area contributed by atoms with Gasteiger partial charge in [-0.1, -0.05) is 52.7 Å². The second kappa shape index (κ2) is 13.8. The van der Waals surface area contributed by atoms with Crippen molar-refractivity contribution < 1.29 is 28.9 Å². The summed E-state index contributed by atoms with van der Waals surface area (Å²) in [6.45, 7) is 10.3. The third-order valence-corrected chi connectivity index (χ3v) is 8.66. The number of amides is 1. The highest BCUT2D eigenvalue weighted by molar-refractivity contribution is 5.95. The molecule has 2 aliphatic rings. The molecule has 3 N–H and O–H groups in total. The van der Waals surface area contributed by atoms with E-state index in [1.807, 2.05) is 41.3 Å². The van der Waals surface area contributed by atoms with Gasteiger partial charge in [-0.05, 0) is 60.1 Å². The summed E-state index contributed by atoms with van der Waals surface area (Å²) in [7, 11) is 1.57. The van der Waals surface area contributed by atoms with Crippen LogP contribution in [-0.4, -0.2) is 61.5 Å². The van der Waals surface area contributed by atoms with Crippen LogP contribution >= 0.6 is 0 Å². The monoisotopic (exact) mass is 581 g/mol. The minimum absolute atomic E-state index is 0.0380. The quantitative estimate of drug-likeness (QED) is 0.305. The highest BCUT2D eigenvalue weighted by Gasteiger charge is 2.49. The van der Waals surface area contributed by atoms with Crippen LogP contribution < -0.4 is 24.8 Å². The molecule has 0 bridgehead atoms. The molecule has 1 amide bonds. The number of hydrogen-bond acceptors (Lipinski definition) is 7. The molecule has 0 radical (unpaired) electrons. The zero-order valence-corrected chi connectivity index (χ0v) is 25.7. The molecule has 3 atom stereocenters. The van der Waals surface area contributed by atoms with Crippen molar-refractivity contribution in [2.24, 2.45) is 17.1 Å². The van der Waals surface area contributed by atoms with Crippen LogP contribution in [0.2, 0.25) is 0 Å². The van der Waals surface area contributed by atoms with Gasteiger partial charge < -0.3 is 30.0 Å². The number of ether oxygens (including phenoxy) is 3. The Labute approximate surface area is 249 Å².